The van der Waals surface area contributed by atoms with Crippen LogP contribution in [0.15, 0.2) is 41.6 Å². The molecule has 0 radical (unpaired) electrons. The second-order valence-electron chi connectivity index (χ2n) is 9.99. The molecule has 3 amide bonds. The Labute approximate surface area is 227 Å². The topological polar surface area (TPSA) is 135 Å². The van der Waals surface area contributed by atoms with Crippen molar-refractivity contribution in [3.8, 4) is 10.4 Å². The molecule has 2 unspecified atom stereocenters. The van der Waals surface area contributed by atoms with Crippen molar-refractivity contribution in [3.63, 3.8) is 0 Å². The van der Waals surface area contributed by atoms with Crippen LogP contribution in [0.3, 0.4) is 0 Å². The van der Waals surface area contributed by atoms with Gasteiger partial charge in [-0.05, 0) is 49.8 Å². The van der Waals surface area contributed by atoms with Gasteiger partial charge in [-0.25, -0.2) is 4.98 Å². The van der Waals surface area contributed by atoms with E-state index in [2.05, 4.69) is 15.6 Å². The molecule has 2 aromatic rings. The third-order valence-electron chi connectivity index (χ3n) is 6.76. The lowest BCUT2D eigenvalue weighted by Gasteiger charge is -2.31. The molecular formula is C28H37N5O4S. The number of aliphatic hydroxyl groups excluding tert-OH is 1. The summed E-state index contributed by atoms with van der Waals surface area (Å²) in [4.78, 5) is 46.2. The molecule has 1 aromatic heterocycles. The summed E-state index contributed by atoms with van der Waals surface area (Å²) >= 11 is 1.55. The first-order valence-corrected chi connectivity index (χ1v) is 13.7. The molecule has 0 bridgehead atoms. The number of carbonyl (C=O) groups excluding carboxylic acids is 3. The summed E-state index contributed by atoms with van der Waals surface area (Å²) in [7, 11) is 1.55. The standard InChI is InChI=1S/C28H37N5O4S/c1-16(2)25(23(34)13-17(3)29)28(37)33-12-6-7-22(33)27(36)32-21(14-24(35)30-5)19-8-10-20(11-9-19)26-18(4)31-15-38-26/h8-11,13,15-16,21-22,25,29,34H,6-7,12,14H2,1-5H3,(H,30,35)(H,32,36)/b23-13-,29-17?/t21?,22?,25-/m1/s1. The van der Waals surface area contributed by atoms with Gasteiger partial charge < -0.3 is 26.0 Å². The van der Waals surface area contributed by atoms with Crippen LogP contribution < -0.4 is 10.6 Å². The van der Waals surface area contributed by atoms with Crippen molar-refractivity contribution in [1.82, 2.24) is 20.5 Å². The highest BCUT2D eigenvalue weighted by atomic mass is 32.1. The maximum Gasteiger partial charge on any atom is 0.243 e. The first-order chi connectivity index (χ1) is 18.0. The van der Waals surface area contributed by atoms with Crippen molar-refractivity contribution in [2.75, 3.05) is 13.6 Å². The maximum atomic E-state index is 13.5. The predicted octanol–water partition coefficient (Wildman–Crippen LogP) is 4.16. The van der Waals surface area contributed by atoms with Gasteiger partial charge in [-0.2, -0.15) is 0 Å². The van der Waals surface area contributed by atoms with Gasteiger partial charge in [-0.15, -0.1) is 11.3 Å². The number of aliphatic hydroxyl groups is 1. The highest BCUT2D eigenvalue weighted by molar-refractivity contribution is 7.13. The second kappa shape index (κ2) is 12.8. The summed E-state index contributed by atoms with van der Waals surface area (Å²) in [6.07, 6.45) is 2.49. The van der Waals surface area contributed by atoms with Crippen LogP contribution in [-0.4, -0.2) is 58.1 Å². The van der Waals surface area contributed by atoms with E-state index in [9.17, 15) is 19.5 Å². The Morgan fingerprint density at radius 1 is 1.26 bits per heavy atom. The molecule has 0 spiro atoms. The number of thiazole rings is 1. The number of amides is 3. The molecule has 1 aliphatic rings. The first kappa shape index (κ1) is 29.0. The first-order valence-electron chi connectivity index (χ1n) is 12.8. The van der Waals surface area contributed by atoms with E-state index in [0.29, 0.717) is 19.4 Å². The van der Waals surface area contributed by atoms with Crippen LogP contribution in [0.25, 0.3) is 10.4 Å². The van der Waals surface area contributed by atoms with Gasteiger partial charge in [-0.1, -0.05) is 38.1 Å². The van der Waals surface area contributed by atoms with Crippen molar-refractivity contribution in [3.05, 3.63) is 52.9 Å². The Kier molecular flexibility index (Phi) is 9.79. The highest BCUT2D eigenvalue weighted by Gasteiger charge is 2.40. The summed E-state index contributed by atoms with van der Waals surface area (Å²) in [5.41, 5.74) is 4.68. The molecule has 3 rings (SSSR count). The Balaban J connectivity index is 1.82. The normalized spacial score (nSPS) is 17.3. The lowest BCUT2D eigenvalue weighted by Crippen LogP contribution is -2.49. The van der Waals surface area contributed by atoms with Gasteiger partial charge in [0.2, 0.25) is 17.7 Å². The molecule has 3 atom stereocenters. The minimum Gasteiger partial charge on any atom is -0.511 e. The minimum absolute atomic E-state index is 0.0542. The maximum absolute atomic E-state index is 13.5. The molecule has 1 saturated heterocycles. The van der Waals surface area contributed by atoms with Crippen LogP contribution in [0.2, 0.25) is 0 Å². The van der Waals surface area contributed by atoms with E-state index in [-0.39, 0.29) is 41.5 Å². The number of allylic oxidation sites excluding steroid dienone is 1. The fourth-order valence-electron chi connectivity index (χ4n) is 4.80. The van der Waals surface area contributed by atoms with Gasteiger partial charge >= 0.3 is 0 Å². The Hall–Kier alpha value is -3.53. The average Bonchev–Trinajstić information content (AvgIpc) is 3.52. The van der Waals surface area contributed by atoms with Crippen LogP contribution in [0.1, 0.15) is 57.3 Å². The molecule has 4 N–H and O–H groups in total. The zero-order valence-electron chi connectivity index (χ0n) is 22.6. The molecule has 1 aromatic carbocycles. The fraction of sp³-hybridized carbons (Fsp3) is 0.464. The van der Waals surface area contributed by atoms with E-state index < -0.39 is 18.0 Å². The van der Waals surface area contributed by atoms with E-state index in [1.807, 2.05) is 45.0 Å². The zero-order valence-corrected chi connectivity index (χ0v) is 23.4. The number of aryl methyl sites for hydroxylation is 1. The number of likely N-dealkylation sites (tertiary alicyclic amines) is 1. The summed E-state index contributed by atoms with van der Waals surface area (Å²) < 4.78 is 0. The van der Waals surface area contributed by atoms with Crippen molar-refractivity contribution in [1.29, 1.82) is 5.41 Å². The van der Waals surface area contributed by atoms with Crippen LogP contribution >= 0.6 is 11.3 Å². The molecule has 0 saturated carbocycles. The number of benzene rings is 1. The molecule has 1 fully saturated rings. The van der Waals surface area contributed by atoms with Crippen LogP contribution in [-0.2, 0) is 14.4 Å². The molecule has 9 nitrogen and oxygen atoms in total. The number of nitrogens with one attached hydrogen (secondary N) is 3. The van der Waals surface area contributed by atoms with E-state index >= 15 is 0 Å². The molecule has 38 heavy (non-hydrogen) atoms. The van der Waals surface area contributed by atoms with Gasteiger partial charge in [0.05, 0.1) is 34.5 Å². The summed E-state index contributed by atoms with van der Waals surface area (Å²) in [5, 5.41) is 23.8. The van der Waals surface area contributed by atoms with Crippen molar-refractivity contribution in [2.45, 2.75) is 59.0 Å². The smallest absolute Gasteiger partial charge is 0.243 e. The second-order valence-corrected chi connectivity index (χ2v) is 10.8. The van der Waals surface area contributed by atoms with Crippen molar-refractivity contribution in [2.24, 2.45) is 11.8 Å². The lowest BCUT2D eigenvalue weighted by molar-refractivity contribution is -0.142. The summed E-state index contributed by atoms with van der Waals surface area (Å²) in [5.74, 6) is -2.11. The quantitative estimate of drug-likeness (QED) is 0.266. The van der Waals surface area contributed by atoms with Gasteiger partial charge in [-0.3, -0.25) is 14.4 Å². The number of hydrogen-bond acceptors (Lipinski definition) is 7. The average molecular weight is 540 g/mol. The number of aromatic nitrogens is 1. The van der Waals surface area contributed by atoms with Gasteiger partial charge in [0.15, 0.2) is 0 Å². The molecule has 0 aliphatic carbocycles. The zero-order chi connectivity index (χ0) is 28.0. The van der Waals surface area contributed by atoms with Gasteiger partial charge in [0.25, 0.3) is 0 Å². The third kappa shape index (κ3) is 6.86. The summed E-state index contributed by atoms with van der Waals surface area (Å²) in [6.45, 7) is 7.54. The molecule has 2 heterocycles. The van der Waals surface area contributed by atoms with Crippen LogP contribution in [0.5, 0.6) is 0 Å². The Morgan fingerprint density at radius 3 is 2.50 bits per heavy atom. The van der Waals surface area contributed by atoms with Crippen molar-refractivity contribution < 1.29 is 19.5 Å². The molecule has 1 aliphatic heterocycles. The van der Waals surface area contributed by atoms with E-state index in [1.165, 1.54) is 17.9 Å². The number of nitrogens with zero attached hydrogens (tertiary/aromatic N) is 2. The Bertz CT molecular complexity index is 1200. The van der Waals surface area contributed by atoms with E-state index in [0.717, 1.165) is 21.7 Å². The Morgan fingerprint density at radius 2 is 1.95 bits per heavy atom. The minimum atomic E-state index is -0.840. The fourth-order valence-corrected chi connectivity index (χ4v) is 5.61. The molecule has 10 heteroatoms. The number of carbonyl (C=O) groups is 3. The molecular weight excluding hydrogens is 502 g/mol. The van der Waals surface area contributed by atoms with E-state index in [4.69, 9.17) is 5.41 Å². The van der Waals surface area contributed by atoms with Crippen molar-refractivity contribution >= 4 is 34.8 Å². The molecule has 204 valence electrons. The monoisotopic (exact) mass is 539 g/mol. The van der Waals surface area contributed by atoms with Gasteiger partial charge in [0, 0.05) is 19.3 Å². The number of rotatable bonds is 10. The number of hydrogen-bond donors (Lipinski definition) is 4. The predicted molar refractivity (Wildman–Crippen MR) is 149 cm³/mol. The SMILES string of the molecule is CNC(=O)CC(NC(=O)C1CCCN1C(=O)[C@@H](/C(O)=C/C(C)=N)C(C)C)c1ccc(-c2scnc2C)cc1. The van der Waals surface area contributed by atoms with Gasteiger partial charge in [0.1, 0.15) is 11.8 Å². The lowest BCUT2D eigenvalue weighted by atomic mass is 9.91. The van der Waals surface area contributed by atoms with Crippen LogP contribution in [0, 0.1) is 24.2 Å². The summed E-state index contributed by atoms with van der Waals surface area (Å²) in [6, 6.07) is 6.43. The largest absolute Gasteiger partial charge is 0.511 e. The van der Waals surface area contributed by atoms with Crippen LogP contribution in [0.4, 0.5) is 0 Å². The highest BCUT2D eigenvalue weighted by Crippen LogP contribution is 2.30. The third-order valence-corrected chi connectivity index (χ3v) is 7.74. The van der Waals surface area contributed by atoms with E-state index in [1.54, 1.807) is 23.9 Å².